The van der Waals surface area contributed by atoms with Crippen molar-refractivity contribution in [1.29, 1.82) is 5.26 Å². The lowest BCUT2D eigenvalue weighted by molar-refractivity contribution is 0.328. The van der Waals surface area contributed by atoms with Crippen LogP contribution in [0.1, 0.15) is 64.2 Å². The molecule has 21 heavy (non-hydrogen) atoms. The molecule has 0 radical (unpaired) electrons. The lowest BCUT2D eigenvalue weighted by Crippen LogP contribution is -2.18. The first-order chi connectivity index (χ1) is 10.3. The number of nitriles is 1. The normalized spacial score (nSPS) is 30.1. The number of rotatable bonds is 6. The van der Waals surface area contributed by atoms with Crippen LogP contribution in [-0.2, 0) is 0 Å². The first-order valence-corrected chi connectivity index (χ1v) is 8.63. The van der Waals surface area contributed by atoms with Gasteiger partial charge in [0.15, 0.2) is 0 Å². The van der Waals surface area contributed by atoms with E-state index in [2.05, 4.69) is 18.2 Å². The van der Waals surface area contributed by atoms with Gasteiger partial charge in [-0.25, -0.2) is 0 Å². The molecule has 0 aromatic carbocycles. The number of hydrogen-bond donors (Lipinski definition) is 0. The average molecular weight is 289 g/mol. The van der Waals surface area contributed by atoms with Gasteiger partial charge in [-0.05, 0) is 76.0 Å². The second kappa shape index (κ2) is 9.03. The van der Waals surface area contributed by atoms with Crippen molar-refractivity contribution in [1.82, 2.24) is 0 Å². The molecule has 0 N–H and O–H groups in total. The van der Waals surface area contributed by atoms with E-state index in [0.29, 0.717) is 12.3 Å². The summed E-state index contributed by atoms with van der Waals surface area (Å²) >= 11 is 0. The molecule has 1 nitrogen and oxygen atoms in total. The Morgan fingerprint density at radius 2 is 1.90 bits per heavy atom. The van der Waals surface area contributed by atoms with Crippen LogP contribution in [0.5, 0.6) is 0 Å². The van der Waals surface area contributed by atoms with Crippen molar-refractivity contribution in [2.24, 2.45) is 17.8 Å². The zero-order valence-corrected chi connectivity index (χ0v) is 13.1. The molecule has 1 atom stereocenters. The van der Waals surface area contributed by atoms with Gasteiger partial charge < -0.3 is 0 Å². The SMILES string of the molecule is N#CC1CCC(C2=CCC(CCC=CCCF)CC2)CC1. The fraction of sp³-hybridized carbons (Fsp3) is 0.737. The predicted molar refractivity (Wildman–Crippen MR) is 85.5 cm³/mol. The summed E-state index contributed by atoms with van der Waals surface area (Å²) in [5.74, 6) is 1.90. The molecule has 1 unspecified atom stereocenters. The molecule has 2 aliphatic carbocycles. The van der Waals surface area contributed by atoms with Crippen LogP contribution in [0.3, 0.4) is 0 Å². The molecule has 2 aliphatic rings. The van der Waals surface area contributed by atoms with Crippen LogP contribution in [0.15, 0.2) is 23.8 Å². The molecule has 2 rings (SSSR count). The fourth-order valence-electron chi connectivity index (χ4n) is 3.77. The Bertz CT molecular complexity index is 396. The van der Waals surface area contributed by atoms with Gasteiger partial charge in [0.05, 0.1) is 12.7 Å². The van der Waals surface area contributed by atoms with Crippen molar-refractivity contribution in [3.63, 3.8) is 0 Å². The fourth-order valence-corrected chi connectivity index (χ4v) is 3.77. The third kappa shape index (κ3) is 5.30. The van der Waals surface area contributed by atoms with Gasteiger partial charge in [-0.1, -0.05) is 23.8 Å². The number of halogens is 1. The van der Waals surface area contributed by atoms with E-state index in [4.69, 9.17) is 5.26 Å². The highest BCUT2D eigenvalue weighted by molar-refractivity contribution is 5.12. The monoisotopic (exact) mass is 289 g/mol. The molecule has 0 heterocycles. The maximum absolute atomic E-state index is 12.0. The molecule has 0 bridgehead atoms. The lowest BCUT2D eigenvalue weighted by Gasteiger charge is -2.31. The summed E-state index contributed by atoms with van der Waals surface area (Å²) in [6.45, 7) is -0.236. The molecular formula is C19H28FN. The van der Waals surface area contributed by atoms with E-state index < -0.39 is 0 Å². The maximum Gasteiger partial charge on any atom is 0.0928 e. The summed E-state index contributed by atoms with van der Waals surface area (Å²) in [5.41, 5.74) is 1.68. The Labute approximate surface area is 128 Å². The number of hydrogen-bond acceptors (Lipinski definition) is 1. The van der Waals surface area contributed by atoms with E-state index in [1.54, 1.807) is 5.57 Å². The van der Waals surface area contributed by atoms with Crippen LogP contribution in [0.2, 0.25) is 0 Å². The zero-order chi connectivity index (χ0) is 14.9. The zero-order valence-electron chi connectivity index (χ0n) is 13.1. The summed E-state index contributed by atoms with van der Waals surface area (Å²) < 4.78 is 12.0. The summed E-state index contributed by atoms with van der Waals surface area (Å²) in [6, 6.07) is 2.42. The van der Waals surface area contributed by atoms with E-state index in [1.807, 2.05) is 6.08 Å². The summed E-state index contributed by atoms with van der Waals surface area (Å²) in [5, 5.41) is 8.97. The van der Waals surface area contributed by atoms with Gasteiger partial charge in [0.1, 0.15) is 0 Å². The minimum Gasteiger partial charge on any atom is -0.251 e. The average Bonchev–Trinajstić information content (AvgIpc) is 2.55. The van der Waals surface area contributed by atoms with Crippen LogP contribution in [0.25, 0.3) is 0 Å². The van der Waals surface area contributed by atoms with Crippen molar-refractivity contribution in [2.45, 2.75) is 64.2 Å². The second-order valence-electron chi connectivity index (χ2n) is 6.62. The topological polar surface area (TPSA) is 23.8 Å². The Morgan fingerprint density at radius 3 is 2.52 bits per heavy atom. The number of allylic oxidation sites excluding steroid dienone is 4. The van der Waals surface area contributed by atoms with Crippen molar-refractivity contribution >= 4 is 0 Å². The van der Waals surface area contributed by atoms with Gasteiger partial charge >= 0.3 is 0 Å². The van der Waals surface area contributed by atoms with Crippen LogP contribution >= 0.6 is 0 Å². The largest absolute Gasteiger partial charge is 0.251 e. The predicted octanol–water partition coefficient (Wildman–Crippen LogP) is 5.74. The third-order valence-corrected chi connectivity index (χ3v) is 5.17. The van der Waals surface area contributed by atoms with Crippen LogP contribution < -0.4 is 0 Å². The van der Waals surface area contributed by atoms with Gasteiger partial charge in [-0.3, -0.25) is 4.39 Å². The number of nitrogens with zero attached hydrogens (tertiary/aromatic N) is 1. The van der Waals surface area contributed by atoms with E-state index in [9.17, 15) is 4.39 Å². The van der Waals surface area contributed by atoms with E-state index in [1.165, 1.54) is 38.5 Å². The molecule has 2 heteroatoms. The molecule has 1 fully saturated rings. The minimum absolute atomic E-state index is 0.236. The van der Waals surface area contributed by atoms with Gasteiger partial charge in [0.2, 0.25) is 0 Å². The smallest absolute Gasteiger partial charge is 0.0928 e. The van der Waals surface area contributed by atoms with Crippen molar-refractivity contribution < 1.29 is 4.39 Å². The third-order valence-electron chi connectivity index (χ3n) is 5.17. The quantitative estimate of drug-likeness (QED) is 0.572. The molecule has 0 aromatic rings. The molecular weight excluding hydrogens is 261 g/mol. The maximum atomic E-state index is 12.0. The van der Waals surface area contributed by atoms with Crippen molar-refractivity contribution in [3.8, 4) is 6.07 Å². The van der Waals surface area contributed by atoms with Crippen LogP contribution in [0.4, 0.5) is 4.39 Å². The lowest BCUT2D eigenvalue weighted by atomic mass is 9.74. The summed E-state index contributed by atoms with van der Waals surface area (Å²) in [4.78, 5) is 0. The molecule has 0 amide bonds. The molecule has 0 aliphatic heterocycles. The highest BCUT2D eigenvalue weighted by Crippen LogP contribution is 2.38. The van der Waals surface area contributed by atoms with Crippen LogP contribution in [0, 0.1) is 29.1 Å². The Hall–Kier alpha value is -1.10. The minimum atomic E-state index is -0.236. The first-order valence-electron chi connectivity index (χ1n) is 8.63. The molecule has 0 saturated heterocycles. The highest BCUT2D eigenvalue weighted by atomic mass is 19.1. The first kappa shape index (κ1) is 16.3. The second-order valence-corrected chi connectivity index (χ2v) is 6.62. The number of alkyl halides is 1. The van der Waals surface area contributed by atoms with E-state index >= 15 is 0 Å². The molecule has 1 saturated carbocycles. The van der Waals surface area contributed by atoms with Crippen molar-refractivity contribution in [2.75, 3.05) is 6.67 Å². The Morgan fingerprint density at radius 1 is 1.14 bits per heavy atom. The van der Waals surface area contributed by atoms with Gasteiger partial charge in [0.25, 0.3) is 0 Å². The highest BCUT2D eigenvalue weighted by Gasteiger charge is 2.25. The van der Waals surface area contributed by atoms with Gasteiger partial charge in [-0.2, -0.15) is 5.26 Å². The van der Waals surface area contributed by atoms with Gasteiger partial charge in [0, 0.05) is 5.92 Å². The Kier molecular flexibility index (Phi) is 7.00. The van der Waals surface area contributed by atoms with E-state index in [0.717, 1.165) is 31.1 Å². The molecule has 0 aromatic heterocycles. The summed E-state index contributed by atoms with van der Waals surface area (Å²) in [6.07, 6.45) is 18.0. The van der Waals surface area contributed by atoms with Gasteiger partial charge in [-0.15, -0.1) is 0 Å². The van der Waals surface area contributed by atoms with Crippen LogP contribution in [-0.4, -0.2) is 6.67 Å². The summed E-state index contributed by atoms with van der Waals surface area (Å²) in [7, 11) is 0. The van der Waals surface area contributed by atoms with E-state index in [-0.39, 0.29) is 6.67 Å². The molecule has 0 spiro atoms. The standard InChI is InChI=1S/C19H28FN/c20-14-4-2-1-3-5-16-6-10-18(11-7-16)19-12-8-17(15-21)9-13-19/h1-2,10,16-17,19H,3-9,11-14H2. The van der Waals surface area contributed by atoms with Crippen molar-refractivity contribution in [3.05, 3.63) is 23.8 Å². The Balaban J connectivity index is 1.69. The molecule has 116 valence electrons.